The molecule has 0 saturated carbocycles. The van der Waals surface area contributed by atoms with E-state index in [0.717, 1.165) is 0 Å². The van der Waals surface area contributed by atoms with Crippen molar-refractivity contribution in [2.75, 3.05) is 0 Å². The molecular formula is C5H6N2O4. The molecule has 6 heteroatoms. The van der Waals surface area contributed by atoms with Crippen molar-refractivity contribution < 1.29 is 19.4 Å². The minimum atomic E-state index is -1.70. The van der Waals surface area contributed by atoms with Crippen molar-refractivity contribution in [3.05, 3.63) is 0 Å². The zero-order valence-corrected chi connectivity index (χ0v) is 5.67. The van der Waals surface area contributed by atoms with Crippen LogP contribution in [0, 0.1) is 5.41 Å². The minimum Gasteiger partial charge on any atom is -0.479 e. The van der Waals surface area contributed by atoms with Gasteiger partial charge in [0.25, 0.3) is 0 Å². The molecule has 6 nitrogen and oxygen atoms in total. The molecule has 1 amide bonds. The fourth-order valence-corrected chi connectivity index (χ4v) is 0.632. The molecule has 1 aliphatic rings. The zero-order chi connectivity index (χ0) is 8.65. The molecule has 1 fully saturated rings. The van der Waals surface area contributed by atoms with Crippen molar-refractivity contribution >= 4 is 18.0 Å². The summed E-state index contributed by atoms with van der Waals surface area (Å²) in [4.78, 5) is 20.9. The first kappa shape index (κ1) is 7.52. The summed E-state index contributed by atoms with van der Waals surface area (Å²) in [6.45, 7) is 1.18. The van der Waals surface area contributed by atoms with Crippen LogP contribution in [0.5, 0.6) is 0 Å². The van der Waals surface area contributed by atoms with E-state index in [1.165, 1.54) is 6.92 Å². The lowest BCUT2D eigenvalue weighted by Crippen LogP contribution is -2.50. The Balaban J connectivity index is 2.96. The second-order valence-electron chi connectivity index (χ2n) is 2.27. The molecule has 0 aromatic carbocycles. The molecule has 0 aliphatic carbocycles. The Morgan fingerprint density at radius 2 is 2.36 bits per heavy atom. The Bertz CT molecular complexity index is 249. The fraction of sp³-hybridized carbons (Fsp3) is 0.400. The van der Waals surface area contributed by atoms with Crippen LogP contribution in [0.4, 0.5) is 4.79 Å². The van der Waals surface area contributed by atoms with Gasteiger partial charge in [-0.25, -0.2) is 9.59 Å². The average Bonchev–Trinajstić information content (AvgIpc) is 2.08. The van der Waals surface area contributed by atoms with E-state index >= 15 is 0 Å². The number of carbonyl (C=O) groups excluding carboxylic acids is 1. The number of cyclic esters (lactones) is 1. The number of hydrogen-bond acceptors (Lipinski definition) is 4. The maximum Gasteiger partial charge on any atom is 0.415 e. The van der Waals surface area contributed by atoms with Crippen LogP contribution in [-0.2, 0) is 9.53 Å². The van der Waals surface area contributed by atoms with E-state index < -0.39 is 23.5 Å². The molecule has 11 heavy (non-hydrogen) atoms. The smallest absolute Gasteiger partial charge is 0.415 e. The zero-order valence-electron chi connectivity index (χ0n) is 5.67. The van der Waals surface area contributed by atoms with E-state index in [2.05, 4.69) is 4.74 Å². The van der Waals surface area contributed by atoms with Crippen LogP contribution in [-0.4, -0.2) is 28.6 Å². The van der Waals surface area contributed by atoms with Crippen molar-refractivity contribution in [1.82, 2.24) is 5.32 Å². The molecule has 1 saturated heterocycles. The maximum absolute atomic E-state index is 10.4. The average molecular weight is 158 g/mol. The maximum atomic E-state index is 10.4. The highest BCUT2D eigenvalue weighted by Crippen LogP contribution is 2.13. The molecule has 0 aromatic heterocycles. The summed E-state index contributed by atoms with van der Waals surface area (Å²) in [5.41, 5.74) is -1.70. The Labute approximate surface area is 61.7 Å². The van der Waals surface area contributed by atoms with Gasteiger partial charge < -0.3 is 9.84 Å². The van der Waals surface area contributed by atoms with Crippen LogP contribution in [0.25, 0.3) is 0 Å². The molecule has 60 valence electrons. The van der Waals surface area contributed by atoms with Crippen LogP contribution in [0.15, 0.2) is 0 Å². The topological polar surface area (TPSA) is 99.5 Å². The van der Waals surface area contributed by atoms with Crippen molar-refractivity contribution in [3.63, 3.8) is 0 Å². The summed E-state index contributed by atoms with van der Waals surface area (Å²) in [5.74, 6) is -1.90. The fourth-order valence-electron chi connectivity index (χ4n) is 0.632. The first-order valence-corrected chi connectivity index (χ1v) is 2.79. The van der Waals surface area contributed by atoms with Gasteiger partial charge in [-0.15, -0.1) is 0 Å². The third-order valence-corrected chi connectivity index (χ3v) is 1.43. The normalized spacial score (nSPS) is 29.5. The lowest BCUT2D eigenvalue weighted by molar-refractivity contribution is -0.140. The van der Waals surface area contributed by atoms with Crippen LogP contribution in [0.3, 0.4) is 0 Å². The van der Waals surface area contributed by atoms with Crippen LogP contribution in [0.2, 0.25) is 0 Å². The first-order valence-electron chi connectivity index (χ1n) is 2.79. The van der Waals surface area contributed by atoms with Gasteiger partial charge in [-0.05, 0) is 6.92 Å². The number of carbonyl (C=O) groups is 2. The van der Waals surface area contributed by atoms with Gasteiger partial charge in [0.2, 0.25) is 11.4 Å². The molecule has 1 heterocycles. The van der Waals surface area contributed by atoms with Gasteiger partial charge in [0.15, 0.2) is 0 Å². The standard InChI is InChI=1S/C5H6N2O4/c1-5(3(8)9)2(6)11-4(10)7-5/h6H,1H3,(H,7,10)(H,8,9). The molecule has 1 unspecified atom stereocenters. The molecule has 1 rings (SSSR count). The molecular weight excluding hydrogens is 152 g/mol. The Kier molecular flexibility index (Phi) is 1.33. The molecule has 0 spiro atoms. The van der Waals surface area contributed by atoms with Gasteiger partial charge in [0, 0.05) is 0 Å². The molecule has 1 atom stereocenters. The van der Waals surface area contributed by atoms with E-state index in [4.69, 9.17) is 10.5 Å². The minimum absolute atomic E-state index is 0.588. The summed E-state index contributed by atoms with van der Waals surface area (Å²) >= 11 is 0. The summed E-state index contributed by atoms with van der Waals surface area (Å²) < 4.78 is 4.19. The number of rotatable bonds is 1. The van der Waals surface area contributed by atoms with E-state index in [-0.39, 0.29) is 0 Å². The van der Waals surface area contributed by atoms with E-state index in [9.17, 15) is 9.59 Å². The predicted octanol–water partition coefficient (Wildman–Crippen LogP) is -0.453. The highest BCUT2D eigenvalue weighted by molar-refractivity contribution is 6.13. The number of ether oxygens (including phenoxy) is 1. The van der Waals surface area contributed by atoms with Crippen LogP contribution >= 0.6 is 0 Å². The lowest BCUT2D eigenvalue weighted by Gasteiger charge is -2.13. The summed E-state index contributed by atoms with van der Waals surface area (Å²) in [5, 5.41) is 17.5. The number of carboxylic acid groups (broad SMARTS) is 1. The van der Waals surface area contributed by atoms with Crippen molar-refractivity contribution in [2.24, 2.45) is 0 Å². The van der Waals surface area contributed by atoms with Crippen LogP contribution < -0.4 is 5.32 Å². The number of alkyl carbamates (subject to hydrolysis) is 1. The Morgan fingerprint density at radius 1 is 1.82 bits per heavy atom. The largest absolute Gasteiger partial charge is 0.479 e. The number of hydrogen-bond donors (Lipinski definition) is 3. The number of amides is 1. The Hall–Kier alpha value is -1.59. The van der Waals surface area contributed by atoms with Crippen LogP contribution in [0.1, 0.15) is 6.92 Å². The van der Waals surface area contributed by atoms with E-state index in [1.807, 2.05) is 5.32 Å². The van der Waals surface area contributed by atoms with Gasteiger partial charge in [0.1, 0.15) is 0 Å². The van der Waals surface area contributed by atoms with Crippen molar-refractivity contribution in [1.29, 1.82) is 5.41 Å². The van der Waals surface area contributed by atoms with Gasteiger partial charge in [-0.2, -0.15) is 0 Å². The first-order chi connectivity index (χ1) is 4.97. The Morgan fingerprint density at radius 3 is 2.55 bits per heavy atom. The second kappa shape index (κ2) is 1.94. The molecule has 1 aliphatic heterocycles. The van der Waals surface area contributed by atoms with Gasteiger partial charge in [0.05, 0.1) is 0 Å². The second-order valence-corrected chi connectivity index (χ2v) is 2.27. The third-order valence-electron chi connectivity index (χ3n) is 1.43. The summed E-state index contributed by atoms with van der Waals surface area (Å²) in [6, 6.07) is 0. The highest BCUT2D eigenvalue weighted by Gasteiger charge is 2.48. The molecule has 0 radical (unpaired) electrons. The van der Waals surface area contributed by atoms with E-state index in [0.29, 0.717) is 0 Å². The van der Waals surface area contributed by atoms with Gasteiger partial charge in [-0.3, -0.25) is 10.7 Å². The third kappa shape index (κ3) is 0.917. The number of aliphatic carboxylic acids is 1. The number of nitrogens with one attached hydrogen (secondary N) is 2. The predicted molar refractivity (Wildman–Crippen MR) is 33.4 cm³/mol. The SMILES string of the molecule is CC1(C(=O)O)NC(=O)OC1=N. The molecule has 0 bridgehead atoms. The quantitative estimate of drug-likeness (QED) is 0.481. The monoisotopic (exact) mass is 158 g/mol. The molecule has 0 aromatic rings. The molecule has 3 N–H and O–H groups in total. The van der Waals surface area contributed by atoms with Crippen molar-refractivity contribution in [3.8, 4) is 0 Å². The van der Waals surface area contributed by atoms with Crippen molar-refractivity contribution in [2.45, 2.75) is 12.5 Å². The lowest BCUT2D eigenvalue weighted by atomic mass is 10.0. The summed E-state index contributed by atoms with van der Waals surface area (Å²) in [6.07, 6.45) is -0.903. The van der Waals surface area contributed by atoms with E-state index in [1.54, 1.807) is 0 Å². The van der Waals surface area contributed by atoms with Gasteiger partial charge >= 0.3 is 12.1 Å². The highest BCUT2D eigenvalue weighted by atomic mass is 16.6. The summed E-state index contributed by atoms with van der Waals surface area (Å²) in [7, 11) is 0. The number of carboxylic acids is 1. The van der Waals surface area contributed by atoms with Gasteiger partial charge in [-0.1, -0.05) is 0 Å².